The van der Waals surface area contributed by atoms with Crippen molar-refractivity contribution in [1.82, 2.24) is 14.7 Å². The first-order valence-electron chi connectivity index (χ1n) is 4.68. The maximum absolute atomic E-state index is 10.5. The van der Waals surface area contributed by atoms with Crippen LogP contribution in [0.5, 0.6) is 0 Å². The van der Waals surface area contributed by atoms with Gasteiger partial charge in [-0.2, -0.15) is 5.10 Å². The molecule has 76 valence electrons. The van der Waals surface area contributed by atoms with Gasteiger partial charge >= 0.3 is 0 Å². The number of carbonyl (C=O) groups excluding carboxylic acids is 1. The summed E-state index contributed by atoms with van der Waals surface area (Å²) in [5.74, 6) is 0. The van der Waals surface area contributed by atoms with Crippen LogP contribution in [0.15, 0.2) is 16.9 Å². The van der Waals surface area contributed by atoms with Crippen molar-refractivity contribution in [1.29, 1.82) is 0 Å². The van der Waals surface area contributed by atoms with Gasteiger partial charge in [-0.15, -0.1) is 0 Å². The number of halogens is 1. The summed E-state index contributed by atoms with van der Waals surface area (Å²) in [5, 5.41) is 4.25. The molecule has 1 aliphatic rings. The van der Waals surface area contributed by atoms with Crippen molar-refractivity contribution in [2.45, 2.75) is 18.9 Å². The van der Waals surface area contributed by atoms with Crippen LogP contribution in [0, 0.1) is 0 Å². The number of nitrogens with zero attached hydrogens (tertiary/aromatic N) is 3. The lowest BCUT2D eigenvalue weighted by molar-refractivity contribution is -0.119. The van der Waals surface area contributed by atoms with E-state index >= 15 is 0 Å². The third-order valence-electron chi connectivity index (χ3n) is 2.59. The van der Waals surface area contributed by atoms with Crippen LogP contribution in [0.1, 0.15) is 18.9 Å². The molecule has 0 spiro atoms. The molecule has 4 nitrogen and oxygen atoms in total. The van der Waals surface area contributed by atoms with Gasteiger partial charge in [0.05, 0.1) is 16.7 Å². The smallest absolute Gasteiger partial charge is 0.209 e. The largest absolute Gasteiger partial charge is 0.345 e. The van der Waals surface area contributed by atoms with Crippen molar-refractivity contribution in [3.63, 3.8) is 0 Å². The van der Waals surface area contributed by atoms with E-state index in [-0.39, 0.29) is 0 Å². The molecule has 0 aromatic carbocycles. The molecule has 1 amide bonds. The average Bonchev–Trinajstić information content (AvgIpc) is 2.65. The van der Waals surface area contributed by atoms with Gasteiger partial charge in [-0.25, -0.2) is 0 Å². The number of amides is 1. The molecule has 0 saturated carbocycles. The second-order valence-electron chi connectivity index (χ2n) is 3.51. The zero-order valence-corrected chi connectivity index (χ0v) is 9.35. The number of aromatic nitrogens is 2. The van der Waals surface area contributed by atoms with Crippen LogP contribution < -0.4 is 0 Å². The minimum Gasteiger partial charge on any atom is -0.345 e. The number of piperidine rings is 1. The predicted molar refractivity (Wildman–Crippen MR) is 55.8 cm³/mol. The van der Waals surface area contributed by atoms with Crippen molar-refractivity contribution in [3.05, 3.63) is 16.9 Å². The summed E-state index contributed by atoms with van der Waals surface area (Å²) in [6.07, 6.45) is 6.70. The van der Waals surface area contributed by atoms with E-state index in [4.69, 9.17) is 0 Å². The highest BCUT2D eigenvalue weighted by Crippen LogP contribution is 2.22. The maximum atomic E-state index is 10.5. The van der Waals surface area contributed by atoms with Gasteiger partial charge in [0.15, 0.2) is 0 Å². The molecule has 0 radical (unpaired) electrons. The minimum atomic E-state index is 0.442. The van der Waals surface area contributed by atoms with Crippen molar-refractivity contribution in [3.8, 4) is 0 Å². The van der Waals surface area contributed by atoms with Crippen LogP contribution in [0.25, 0.3) is 0 Å². The zero-order valence-electron chi connectivity index (χ0n) is 7.77. The highest BCUT2D eigenvalue weighted by molar-refractivity contribution is 9.10. The molecule has 1 fully saturated rings. The molecular weight excluding hydrogens is 246 g/mol. The fraction of sp³-hybridized carbons (Fsp3) is 0.556. The van der Waals surface area contributed by atoms with Crippen LogP contribution >= 0.6 is 15.9 Å². The van der Waals surface area contributed by atoms with Gasteiger partial charge in [-0.3, -0.25) is 9.48 Å². The first kappa shape index (κ1) is 9.71. The Kier molecular flexibility index (Phi) is 2.86. The van der Waals surface area contributed by atoms with E-state index in [1.54, 1.807) is 6.20 Å². The average molecular weight is 258 g/mol. The van der Waals surface area contributed by atoms with Crippen LogP contribution in [0.3, 0.4) is 0 Å². The number of hydrogen-bond donors (Lipinski definition) is 0. The molecule has 2 rings (SSSR count). The van der Waals surface area contributed by atoms with Gasteiger partial charge in [0.2, 0.25) is 6.41 Å². The summed E-state index contributed by atoms with van der Waals surface area (Å²) < 4.78 is 2.99. The highest BCUT2D eigenvalue weighted by Gasteiger charge is 2.19. The van der Waals surface area contributed by atoms with E-state index in [9.17, 15) is 4.79 Å². The molecule has 1 saturated heterocycles. The fourth-order valence-corrected chi connectivity index (χ4v) is 2.07. The Labute approximate surface area is 91.0 Å². The topological polar surface area (TPSA) is 38.1 Å². The summed E-state index contributed by atoms with van der Waals surface area (Å²) >= 11 is 3.37. The van der Waals surface area contributed by atoms with Gasteiger partial charge in [-0.1, -0.05) is 0 Å². The SMILES string of the molecule is O=CN1CCC(n2cc(Br)cn2)CC1. The van der Waals surface area contributed by atoms with Gasteiger partial charge in [0.1, 0.15) is 0 Å². The summed E-state index contributed by atoms with van der Waals surface area (Å²) in [7, 11) is 0. The normalized spacial score (nSPS) is 18.5. The van der Waals surface area contributed by atoms with Gasteiger partial charge < -0.3 is 4.90 Å². The Morgan fingerprint density at radius 2 is 2.21 bits per heavy atom. The molecule has 2 heterocycles. The first-order chi connectivity index (χ1) is 6.79. The first-order valence-corrected chi connectivity index (χ1v) is 5.48. The van der Waals surface area contributed by atoms with Crippen LogP contribution in [0.2, 0.25) is 0 Å². The van der Waals surface area contributed by atoms with E-state index in [0.717, 1.165) is 36.8 Å². The molecule has 5 heteroatoms. The highest BCUT2D eigenvalue weighted by atomic mass is 79.9. The summed E-state index contributed by atoms with van der Waals surface area (Å²) in [6.45, 7) is 1.68. The molecular formula is C9H12BrN3O. The lowest BCUT2D eigenvalue weighted by Crippen LogP contribution is -2.33. The summed E-state index contributed by atoms with van der Waals surface area (Å²) in [6, 6.07) is 0.442. The Morgan fingerprint density at radius 3 is 2.71 bits per heavy atom. The third-order valence-corrected chi connectivity index (χ3v) is 3.00. The van der Waals surface area contributed by atoms with Crippen LogP contribution in [-0.4, -0.2) is 34.2 Å². The van der Waals surface area contributed by atoms with Gasteiger partial charge in [0, 0.05) is 19.3 Å². The molecule has 1 aromatic rings. The van der Waals surface area contributed by atoms with E-state index < -0.39 is 0 Å². The lowest BCUT2D eigenvalue weighted by atomic mass is 10.1. The number of likely N-dealkylation sites (tertiary alicyclic amines) is 1. The molecule has 0 aliphatic carbocycles. The number of hydrogen-bond acceptors (Lipinski definition) is 2. The predicted octanol–water partition coefficient (Wildman–Crippen LogP) is 1.44. The van der Waals surface area contributed by atoms with Crippen LogP contribution in [-0.2, 0) is 4.79 Å². The van der Waals surface area contributed by atoms with E-state index in [1.807, 2.05) is 15.8 Å². The Bertz CT molecular complexity index is 318. The molecule has 1 aromatic heterocycles. The number of carbonyl (C=O) groups is 1. The third kappa shape index (κ3) is 1.97. The van der Waals surface area contributed by atoms with Crippen molar-refractivity contribution < 1.29 is 4.79 Å². The quantitative estimate of drug-likeness (QED) is 0.753. The van der Waals surface area contributed by atoms with Gasteiger partial charge in [-0.05, 0) is 28.8 Å². The number of rotatable bonds is 2. The van der Waals surface area contributed by atoms with E-state index in [2.05, 4.69) is 21.0 Å². The summed E-state index contributed by atoms with van der Waals surface area (Å²) in [4.78, 5) is 12.3. The molecule has 0 unspecified atom stereocenters. The minimum absolute atomic E-state index is 0.442. The van der Waals surface area contributed by atoms with Crippen molar-refractivity contribution in [2.24, 2.45) is 0 Å². The Balaban J connectivity index is 1.98. The monoisotopic (exact) mass is 257 g/mol. The molecule has 14 heavy (non-hydrogen) atoms. The van der Waals surface area contributed by atoms with Crippen molar-refractivity contribution in [2.75, 3.05) is 13.1 Å². The molecule has 1 aliphatic heterocycles. The maximum Gasteiger partial charge on any atom is 0.209 e. The zero-order chi connectivity index (χ0) is 9.97. The second kappa shape index (κ2) is 4.13. The molecule has 0 N–H and O–H groups in total. The lowest BCUT2D eigenvalue weighted by Gasteiger charge is -2.29. The van der Waals surface area contributed by atoms with Gasteiger partial charge in [0.25, 0.3) is 0 Å². The molecule has 0 atom stereocenters. The standard InChI is InChI=1S/C9H12BrN3O/c10-8-5-11-13(6-8)9-1-3-12(7-14)4-2-9/h5-7,9H,1-4H2. The second-order valence-corrected chi connectivity index (χ2v) is 4.43. The molecule has 0 bridgehead atoms. The Hall–Kier alpha value is -0.840. The van der Waals surface area contributed by atoms with E-state index in [0.29, 0.717) is 6.04 Å². The van der Waals surface area contributed by atoms with E-state index in [1.165, 1.54) is 0 Å². The Morgan fingerprint density at radius 1 is 1.50 bits per heavy atom. The van der Waals surface area contributed by atoms with Crippen molar-refractivity contribution >= 4 is 22.3 Å². The summed E-state index contributed by atoms with van der Waals surface area (Å²) in [5.41, 5.74) is 0. The van der Waals surface area contributed by atoms with Crippen LogP contribution in [0.4, 0.5) is 0 Å². The fourth-order valence-electron chi connectivity index (χ4n) is 1.77.